The van der Waals surface area contributed by atoms with E-state index < -0.39 is 0 Å². The number of aromatic amines is 1. The number of H-pyrrole nitrogens is 1. The van der Waals surface area contributed by atoms with Crippen LogP contribution in [-0.2, 0) is 0 Å². The van der Waals surface area contributed by atoms with E-state index in [4.69, 9.17) is 5.73 Å². The molecule has 1 aliphatic carbocycles. The highest BCUT2D eigenvalue weighted by atomic mass is 35.5. The largest absolute Gasteiger partial charge is 0.344 e. The zero-order valence-electron chi connectivity index (χ0n) is 12.8. The first-order valence-corrected chi connectivity index (χ1v) is 7.36. The van der Waals surface area contributed by atoms with Gasteiger partial charge >= 0.3 is 0 Å². The SMILES string of the molecule is CC(CN)(NC(=O)c1cc(-c2ccc(F)cc2)n[nH]1)C1CC1.Cl. The number of carbonyl (C=O) groups excluding carboxylic acids is 1. The fraction of sp³-hybridized carbons (Fsp3) is 0.375. The van der Waals surface area contributed by atoms with Gasteiger partial charge in [-0.05, 0) is 56.0 Å². The number of amides is 1. The second-order valence-corrected chi connectivity index (χ2v) is 6.02. The van der Waals surface area contributed by atoms with E-state index in [1.165, 1.54) is 12.1 Å². The molecule has 2 aromatic rings. The lowest BCUT2D eigenvalue weighted by atomic mass is 9.96. The number of nitrogens with zero attached hydrogens (tertiary/aromatic N) is 1. The Morgan fingerprint density at radius 3 is 2.65 bits per heavy atom. The first kappa shape index (κ1) is 17.4. The van der Waals surface area contributed by atoms with Crippen LogP contribution in [0.2, 0.25) is 0 Å². The summed E-state index contributed by atoms with van der Waals surface area (Å²) < 4.78 is 12.9. The third kappa shape index (κ3) is 3.71. The smallest absolute Gasteiger partial charge is 0.269 e. The maximum Gasteiger partial charge on any atom is 0.269 e. The van der Waals surface area contributed by atoms with Gasteiger partial charge in [-0.3, -0.25) is 9.89 Å². The average molecular weight is 339 g/mol. The van der Waals surface area contributed by atoms with Gasteiger partial charge in [-0.15, -0.1) is 12.4 Å². The van der Waals surface area contributed by atoms with Gasteiger partial charge in [0.1, 0.15) is 11.5 Å². The summed E-state index contributed by atoms with van der Waals surface area (Å²) in [6, 6.07) is 7.64. The maximum atomic E-state index is 12.9. The number of hydrogen-bond donors (Lipinski definition) is 3. The molecule has 0 aliphatic heterocycles. The lowest BCUT2D eigenvalue weighted by Crippen LogP contribution is -2.53. The van der Waals surface area contributed by atoms with Crippen molar-refractivity contribution in [3.63, 3.8) is 0 Å². The van der Waals surface area contributed by atoms with Crippen molar-refractivity contribution in [3.8, 4) is 11.3 Å². The number of nitrogens with one attached hydrogen (secondary N) is 2. The predicted octanol–water partition coefficient (Wildman–Crippen LogP) is 2.49. The normalized spacial score (nSPS) is 16.3. The highest BCUT2D eigenvalue weighted by molar-refractivity contribution is 5.93. The van der Waals surface area contributed by atoms with Crippen LogP contribution in [0.15, 0.2) is 30.3 Å². The topological polar surface area (TPSA) is 83.8 Å². The fourth-order valence-corrected chi connectivity index (χ4v) is 2.57. The molecule has 0 saturated heterocycles. The first-order valence-electron chi connectivity index (χ1n) is 7.36. The number of benzene rings is 1. The van der Waals surface area contributed by atoms with E-state index in [0.29, 0.717) is 23.9 Å². The lowest BCUT2D eigenvalue weighted by Gasteiger charge is -2.29. The number of aromatic nitrogens is 2. The van der Waals surface area contributed by atoms with E-state index in [1.807, 2.05) is 6.92 Å². The van der Waals surface area contributed by atoms with E-state index in [9.17, 15) is 9.18 Å². The second-order valence-electron chi connectivity index (χ2n) is 6.02. The van der Waals surface area contributed by atoms with Gasteiger partial charge in [0, 0.05) is 12.1 Å². The third-order valence-corrected chi connectivity index (χ3v) is 4.26. The molecule has 1 fully saturated rings. The van der Waals surface area contributed by atoms with Crippen molar-refractivity contribution in [2.75, 3.05) is 6.54 Å². The average Bonchev–Trinajstić information content (AvgIpc) is 3.26. The van der Waals surface area contributed by atoms with Gasteiger partial charge in [0.05, 0.1) is 11.2 Å². The lowest BCUT2D eigenvalue weighted by molar-refractivity contribution is 0.0892. The minimum Gasteiger partial charge on any atom is -0.344 e. The molecular formula is C16H20ClFN4O. The third-order valence-electron chi connectivity index (χ3n) is 4.26. The summed E-state index contributed by atoms with van der Waals surface area (Å²) >= 11 is 0. The minimum absolute atomic E-state index is 0. The molecule has 1 saturated carbocycles. The Kier molecular flexibility index (Phi) is 5.06. The van der Waals surface area contributed by atoms with Gasteiger partial charge < -0.3 is 11.1 Å². The van der Waals surface area contributed by atoms with Gasteiger partial charge in [0.15, 0.2) is 0 Å². The first-order chi connectivity index (χ1) is 10.5. The Morgan fingerprint density at radius 1 is 1.43 bits per heavy atom. The molecule has 124 valence electrons. The van der Waals surface area contributed by atoms with E-state index >= 15 is 0 Å². The molecule has 1 amide bonds. The van der Waals surface area contributed by atoms with Crippen molar-refractivity contribution in [2.24, 2.45) is 11.7 Å². The molecule has 4 N–H and O–H groups in total. The molecule has 5 nitrogen and oxygen atoms in total. The zero-order chi connectivity index (χ0) is 15.7. The molecule has 7 heteroatoms. The molecular weight excluding hydrogens is 319 g/mol. The monoisotopic (exact) mass is 338 g/mol. The van der Waals surface area contributed by atoms with Crippen LogP contribution in [0.4, 0.5) is 4.39 Å². The Bertz CT molecular complexity index is 684. The maximum absolute atomic E-state index is 12.9. The minimum atomic E-state index is -0.377. The van der Waals surface area contributed by atoms with Crippen LogP contribution in [0.3, 0.4) is 0 Å². The van der Waals surface area contributed by atoms with E-state index in [0.717, 1.165) is 18.4 Å². The molecule has 1 atom stereocenters. The second kappa shape index (κ2) is 6.68. The van der Waals surface area contributed by atoms with E-state index in [-0.39, 0.29) is 29.7 Å². The number of nitrogens with two attached hydrogens (primary N) is 1. The summed E-state index contributed by atoms with van der Waals surface area (Å²) in [7, 11) is 0. The molecule has 0 radical (unpaired) electrons. The van der Waals surface area contributed by atoms with Crippen molar-refractivity contribution in [2.45, 2.75) is 25.3 Å². The summed E-state index contributed by atoms with van der Waals surface area (Å²) in [5.74, 6) is -0.0814. The predicted molar refractivity (Wildman–Crippen MR) is 88.9 cm³/mol. The van der Waals surface area contributed by atoms with Crippen molar-refractivity contribution >= 4 is 18.3 Å². The number of halogens is 2. The standard InChI is InChI=1S/C16H19FN4O.ClH/c1-16(9-18,11-4-5-11)19-15(22)14-8-13(20-21-14)10-2-6-12(17)7-3-10;/h2-3,6-8,11H,4-5,9,18H2,1H3,(H,19,22)(H,20,21);1H. The van der Waals surface area contributed by atoms with Crippen LogP contribution in [0.25, 0.3) is 11.3 Å². The summed E-state index contributed by atoms with van der Waals surface area (Å²) in [6.45, 7) is 2.38. The molecule has 1 aliphatic rings. The summed E-state index contributed by atoms with van der Waals surface area (Å²) in [6.07, 6.45) is 2.19. The molecule has 1 heterocycles. The molecule has 0 bridgehead atoms. The Morgan fingerprint density at radius 2 is 2.09 bits per heavy atom. The molecule has 1 aromatic heterocycles. The van der Waals surface area contributed by atoms with Gasteiger partial charge in [0.2, 0.25) is 0 Å². The zero-order valence-corrected chi connectivity index (χ0v) is 13.6. The summed E-state index contributed by atoms with van der Waals surface area (Å²) in [5.41, 5.74) is 7.16. The van der Waals surface area contributed by atoms with E-state index in [2.05, 4.69) is 15.5 Å². The quantitative estimate of drug-likeness (QED) is 0.783. The van der Waals surface area contributed by atoms with Crippen molar-refractivity contribution in [3.05, 3.63) is 41.8 Å². The van der Waals surface area contributed by atoms with Crippen LogP contribution in [-0.4, -0.2) is 28.2 Å². The van der Waals surface area contributed by atoms with Gasteiger partial charge in [-0.1, -0.05) is 0 Å². The molecule has 1 unspecified atom stereocenters. The van der Waals surface area contributed by atoms with Gasteiger partial charge in [-0.25, -0.2) is 4.39 Å². The number of hydrogen-bond acceptors (Lipinski definition) is 3. The van der Waals surface area contributed by atoms with Crippen molar-refractivity contribution < 1.29 is 9.18 Å². The molecule has 23 heavy (non-hydrogen) atoms. The molecule has 1 aromatic carbocycles. The summed E-state index contributed by atoms with van der Waals surface area (Å²) in [5, 5.41) is 9.84. The number of rotatable bonds is 5. The Hall–Kier alpha value is -1.92. The van der Waals surface area contributed by atoms with Crippen molar-refractivity contribution in [1.82, 2.24) is 15.5 Å². The molecule has 0 spiro atoms. The van der Waals surface area contributed by atoms with Crippen LogP contribution in [0, 0.1) is 11.7 Å². The Balaban J connectivity index is 0.00000192. The van der Waals surface area contributed by atoms with Gasteiger partial charge in [0.25, 0.3) is 5.91 Å². The highest BCUT2D eigenvalue weighted by Crippen LogP contribution is 2.39. The van der Waals surface area contributed by atoms with Crippen LogP contribution < -0.4 is 11.1 Å². The van der Waals surface area contributed by atoms with Crippen LogP contribution in [0.5, 0.6) is 0 Å². The van der Waals surface area contributed by atoms with Crippen LogP contribution >= 0.6 is 12.4 Å². The highest BCUT2D eigenvalue weighted by Gasteiger charge is 2.41. The van der Waals surface area contributed by atoms with Gasteiger partial charge in [-0.2, -0.15) is 5.10 Å². The molecule has 3 rings (SSSR count). The Labute approximate surface area is 140 Å². The fourth-order valence-electron chi connectivity index (χ4n) is 2.57. The number of carbonyl (C=O) groups is 1. The summed E-state index contributed by atoms with van der Waals surface area (Å²) in [4.78, 5) is 12.4. The van der Waals surface area contributed by atoms with Crippen LogP contribution in [0.1, 0.15) is 30.3 Å². The van der Waals surface area contributed by atoms with Crippen molar-refractivity contribution in [1.29, 1.82) is 0 Å². The van der Waals surface area contributed by atoms with E-state index in [1.54, 1.807) is 18.2 Å².